The number of nitrogens with one attached hydrogen (secondary N) is 1. The van der Waals surface area contributed by atoms with Gasteiger partial charge in [-0.05, 0) is 39.0 Å². The Morgan fingerprint density at radius 1 is 1.31 bits per heavy atom. The maximum Gasteiger partial charge on any atom is 0.278 e. The van der Waals surface area contributed by atoms with Gasteiger partial charge in [-0.2, -0.15) is 0 Å². The maximum atomic E-state index is 12.8. The number of rotatable bonds is 5. The van der Waals surface area contributed by atoms with Crippen molar-refractivity contribution >= 4 is 34.4 Å². The minimum absolute atomic E-state index is 0.0453. The highest BCUT2D eigenvalue weighted by molar-refractivity contribution is 7.99. The molecule has 0 spiro atoms. The molecule has 3 aromatic rings. The number of thioether (sulfide) groups is 1. The SMILES string of the molecule is Cc1cc2nc(SCC(=O)N(C)c3ccccc3)n(C(C)C)c(=O)c2[nH]1. The molecule has 0 aliphatic heterocycles. The first kappa shape index (κ1) is 18.3. The molecule has 0 aliphatic rings. The number of carbonyl (C=O) groups excluding carboxylic acids is 1. The number of benzene rings is 1. The maximum absolute atomic E-state index is 12.8. The van der Waals surface area contributed by atoms with E-state index in [0.717, 1.165) is 11.4 Å². The summed E-state index contributed by atoms with van der Waals surface area (Å²) in [6, 6.07) is 11.3. The number of hydrogen-bond acceptors (Lipinski definition) is 4. The molecule has 26 heavy (non-hydrogen) atoms. The van der Waals surface area contributed by atoms with Gasteiger partial charge in [-0.3, -0.25) is 14.2 Å². The van der Waals surface area contributed by atoms with Crippen LogP contribution in [-0.4, -0.2) is 33.2 Å². The second-order valence-corrected chi connectivity index (χ2v) is 7.40. The van der Waals surface area contributed by atoms with Gasteiger partial charge in [-0.25, -0.2) is 4.98 Å². The van der Waals surface area contributed by atoms with E-state index in [2.05, 4.69) is 9.97 Å². The highest BCUT2D eigenvalue weighted by atomic mass is 32.2. The molecule has 7 heteroatoms. The molecule has 1 amide bonds. The first-order chi connectivity index (χ1) is 12.4. The first-order valence-corrected chi connectivity index (χ1v) is 9.43. The average molecular weight is 370 g/mol. The molecule has 0 atom stereocenters. The number of aryl methyl sites for hydroxylation is 1. The fourth-order valence-corrected chi connectivity index (χ4v) is 3.81. The molecule has 136 valence electrons. The van der Waals surface area contributed by atoms with E-state index in [1.165, 1.54) is 11.8 Å². The summed E-state index contributed by atoms with van der Waals surface area (Å²) in [7, 11) is 1.75. The number of aromatic nitrogens is 3. The molecule has 0 saturated carbocycles. The van der Waals surface area contributed by atoms with Crippen molar-refractivity contribution in [3.8, 4) is 0 Å². The zero-order valence-corrected chi connectivity index (χ0v) is 16.1. The lowest BCUT2D eigenvalue weighted by Gasteiger charge is -2.18. The summed E-state index contributed by atoms with van der Waals surface area (Å²) in [6.45, 7) is 5.77. The molecule has 2 heterocycles. The molecular formula is C19H22N4O2S. The monoisotopic (exact) mass is 370 g/mol. The fourth-order valence-electron chi connectivity index (χ4n) is 2.77. The van der Waals surface area contributed by atoms with Crippen molar-refractivity contribution in [3.05, 3.63) is 52.4 Å². The van der Waals surface area contributed by atoms with Crippen LogP contribution < -0.4 is 10.5 Å². The highest BCUT2D eigenvalue weighted by Gasteiger charge is 2.18. The second-order valence-electron chi connectivity index (χ2n) is 6.45. The fraction of sp³-hybridized carbons (Fsp3) is 0.316. The van der Waals surface area contributed by atoms with Gasteiger partial charge in [0.2, 0.25) is 5.91 Å². The third-order valence-electron chi connectivity index (χ3n) is 4.15. The number of amides is 1. The van der Waals surface area contributed by atoms with Gasteiger partial charge in [0.25, 0.3) is 5.56 Å². The highest BCUT2D eigenvalue weighted by Crippen LogP contribution is 2.22. The van der Waals surface area contributed by atoms with Crippen molar-refractivity contribution in [1.29, 1.82) is 0 Å². The van der Waals surface area contributed by atoms with E-state index in [4.69, 9.17) is 0 Å². The molecule has 1 N–H and O–H groups in total. The van der Waals surface area contributed by atoms with E-state index in [-0.39, 0.29) is 23.3 Å². The smallest absolute Gasteiger partial charge is 0.278 e. The van der Waals surface area contributed by atoms with Gasteiger partial charge in [-0.1, -0.05) is 30.0 Å². The summed E-state index contributed by atoms with van der Waals surface area (Å²) in [4.78, 5) is 34.6. The van der Waals surface area contributed by atoms with Crippen LogP contribution in [0.5, 0.6) is 0 Å². The molecule has 0 bridgehead atoms. The van der Waals surface area contributed by atoms with Crippen molar-refractivity contribution in [2.75, 3.05) is 17.7 Å². The third kappa shape index (κ3) is 3.53. The molecule has 0 radical (unpaired) electrons. The van der Waals surface area contributed by atoms with E-state index in [9.17, 15) is 9.59 Å². The zero-order chi connectivity index (χ0) is 18.8. The number of para-hydroxylation sites is 1. The minimum atomic E-state index is -0.107. The molecule has 0 fully saturated rings. The van der Waals surface area contributed by atoms with Crippen molar-refractivity contribution in [3.63, 3.8) is 0 Å². The predicted molar refractivity (Wildman–Crippen MR) is 106 cm³/mol. The number of carbonyl (C=O) groups is 1. The molecule has 0 saturated heterocycles. The zero-order valence-electron chi connectivity index (χ0n) is 15.3. The van der Waals surface area contributed by atoms with Crippen LogP contribution in [-0.2, 0) is 4.79 Å². The van der Waals surface area contributed by atoms with Crippen LogP contribution >= 0.6 is 11.8 Å². The summed E-state index contributed by atoms with van der Waals surface area (Å²) in [6.07, 6.45) is 0. The molecule has 2 aromatic heterocycles. The number of fused-ring (bicyclic) bond motifs is 1. The Morgan fingerprint density at radius 3 is 2.65 bits per heavy atom. The van der Waals surface area contributed by atoms with Crippen LogP contribution in [0.4, 0.5) is 5.69 Å². The Bertz CT molecular complexity index is 992. The summed E-state index contributed by atoms with van der Waals surface area (Å²) in [5.41, 5.74) is 2.76. The molecule has 0 aliphatic carbocycles. The number of H-pyrrole nitrogens is 1. The Kier molecular flexibility index (Phi) is 5.18. The second kappa shape index (κ2) is 7.37. The van der Waals surface area contributed by atoms with Gasteiger partial charge in [0.15, 0.2) is 5.16 Å². The van der Waals surface area contributed by atoms with Crippen molar-refractivity contribution < 1.29 is 4.79 Å². The Labute approximate surface area is 156 Å². The summed E-state index contributed by atoms with van der Waals surface area (Å²) in [5.74, 6) is 0.163. The Morgan fingerprint density at radius 2 is 2.00 bits per heavy atom. The van der Waals surface area contributed by atoms with Gasteiger partial charge in [0.05, 0.1) is 11.3 Å². The van der Waals surface area contributed by atoms with Crippen LogP contribution in [0.2, 0.25) is 0 Å². The quantitative estimate of drug-likeness (QED) is 0.552. The molecule has 0 unspecified atom stereocenters. The van der Waals surface area contributed by atoms with Crippen LogP contribution in [0.1, 0.15) is 25.6 Å². The largest absolute Gasteiger partial charge is 0.353 e. The van der Waals surface area contributed by atoms with Gasteiger partial charge >= 0.3 is 0 Å². The van der Waals surface area contributed by atoms with E-state index < -0.39 is 0 Å². The van der Waals surface area contributed by atoms with E-state index in [1.807, 2.05) is 57.2 Å². The lowest BCUT2D eigenvalue weighted by Crippen LogP contribution is -2.29. The van der Waals surface area contributed by atoms with Crippen molar-refractivity contribution in [1.82, 2.24) is 14.5 Å². The van der Waals surface area contributed by atoms with Crippen LogP contribution in [0.15, 0.2) is 46.3 Å². The first-order valence-electron chi connectivity index (χ1n) is 8.44. The van der Waals surface area contributed by atoms with Crippen LogP contribution in [0.25, 0.3) is 11.0 Å². The predicted octanol–water partition coefficient (Wildman–Crippen LogP) is 3.37. The molecule has 6 nitrogen and oxygen atoms in total. The van der Waals surface area contributed by atoms with Crippen molar-refractivity contribution in [2.45, 2.75) is 32.0 Å². The van der Waals surface area contributed by atoms with Gasteiger partial charge in [-0.15, -0.1) is 0 Å². The average Bonchev–Trinajstić information content (AvgIpc) is 3.00. The van der Waals surface area contributed by atoms with Crippen LogP contribution in [0, 0.1) is 6.92 Å². The minimum Gasteiger partial charge on any atom is -0.353 e. The summed E-state index contributed by atoms with van der Waals surface area (Å²) < 4.78 is 1.64. The molecular weight excluding hydrogens is 348 g/mol. The molecule has 3 rings (SSSR count). The van der Waals surface area contributed by atoms with E-state index >= 15 is 0 Å². The summed E-state index contributed by atoms with van der Waals surface area (Å²) >= 11 is 1.29. The number of anilines is 1. The van der Waals surface area contributed by atoms with E-state index in [1.54, 1.807) is 16.5 Å². The van der Waals surface area contributed by atoms with Crippen molar-refractivity contribution in [2.24, 2.45) is 0 Å². The number of nitrogens with zero attached hydrogens (tertiary/aromatic N) is 3. The lowest BCUT2D eigenvalue weighted by molar-refractivity contribution is -0.115. The van der Waals surface area contributed by atoms with Gasteiger partial charge in [0.1, 0.15) is 5.52 Å². The van der Waals surface area contributed by atoms with Gasteiger partial charge in [0, 0.05) is 24.5 Å². The van der Waals surface area contributed by atoms with Gasteiger partial charge < -0.3 is 9.88 Å². The standard InChI is InChI=1S/C19H22N4O2S/c1-12(2)23-18(25)17-15(10-13(3)20-17)21-19(23)26-11-16(24)22(4)14-8-6-5-7-9-14/h5-10,12,20H,11H2,1-4H3. The topological polar surface area (TPSA) is 71.0 Å². The number of hydrogen-bond donors (Lipinski definition) is 1. The third-order valence-corrected chi connectivity index (χ3v) is 5.08. The molecule has 1 aromatic carbocycles. The number of aromatic amines is 1. The Hall–Kier alpha value is -2.54. The lowest BCUT2D eigenvalue weighted by atomic mass is 10.3. The Balaban J connectivity index is 1.87. The summed E-state index contributed by atoms with van der Waals surface area (Å²) in [5, 5.41) is 0.561. The van der Waals surface area contributed by atoms with Crippen LogP contribution in [0.3, 0.4) is 0 Å². The normalized spacial score (nSPS) is 11.3. The van der Waals surface area contributed by atoms with E-state index in [0.29, 0.717) is 16.2 Å².